The van der Waals surface area contributed by atoms with Crippen LogP contribution in [0.15, 0.2) is 36.0 Å². The first-order chi connectivity index (χ1) is 11.6. The zero-order valence-corrected chi connectivity index (χ0v) is 15.1. The lowest BCUT2D eigenvalue weighted by Crippen LogP contribution is -2.30. The van der Waals surface area contributed by atoms with Crippen molar-refractivity contribution in [2.24, 2.45) is 5.92 Å². The molecule has 0 radical (unpaired) electrons. The molecule has 5 atom stereocenters. The van der Waals surface area contributed by atoms with E-state index in [1.165, 1.54) is 0 Å². The monoisotopic (exact) mass is 346 g/mol. The van der Waals surface area contributed by atoms with E-state index >= 15 is 0 Å². The third-order valence-corrected chi connectivity index (χ3v) is 5.53. The van der Waals surface area contributed by atoms with Crippen molar-refractivity contribution < 1.29 is 24.2 Å². The van der Waals surface area contributed by atoms with Gasteiger partial charge >= 0.3 is 5.97 Å². The minimum Gasteiger partial charge on any atom is -0.454 e. The molecule has 0 aromatic rings. The first-order valence-electron chi connectivity index (χ1n) is 8.81. The molecule has 0 bridgehead atoms. The molecular weight excluding hydrogens is 320 g/mol. The Bertz CT molecular complexity index is 672. The zero-order chi connectivity index (χ0) is 18.4. The van der Waals surface area contributed by atoms with E-state index in [1.807, 2.05) is 19.1 Å². The molecule has 3 aliphatic rings. The average Bonchev–Trinajstić information content (AvgIpc) is 3.13. The van der Waals surface area contributed by atoms with Crippen LogP contribution in [0.2, 0.25) is 0 Å². The van der Waals surface area contributed by atoms with Gasteiger partial charge in [0.2, 0.25) is 0 Å². The lowest BCUT2D eigenvalue weighted by Gasteiger charge is -2.20. The maximum absolute atomic E-state index is 12.8. The number of epoxide rings is 1. The molecule has 2 heterocycles. The van der Waals surface area contributed by atoms with Crippen LogP contribution in [-0.4, -0.2) is 40.3 Å². The van der Waals surface area contributed by atoms with Gasteiger partial charge in [-0.25, -0.2) is 4.79 Å². The summed E-state index contributed by atoms with van der Waals surface area (Å²) in [4.78, 5) is 24.7. The van der Waals surface area contributed by atoms with Crippen LogP contribution in [0.1, 0.15) is 46.5 Å². The molecule has 1 aliphatic carbocycles. The van der Waals surface area contributed by atoms with Crippen LogP contribution in [0, 0.1) is 5.92 Å². The van der Waals surface area contributed by atoms with E-state index in [4.69, 9.17) is 9.47 Å². The Labute approximate surface area is 148 Å². The molecule has 0 aromatic heterocycles. The average molecular weight is 346 g/mol. The summed E-state index contributed by atoms with van der Waals surface area (Å²) in [5, 5.41) is 10.4. The molecule has 25 heavy (non-hydrogen) atoms. The Morgan fingerprint density at radius 1 is 1.32 bits per heavy atom. The molecule has 136 valence electrons. The molecule has 0 unspecified atom stereocenters. The molecule has 2 aliphatic heterocycles. The Morgan fingerprint density at radius 3 is 2.76 bits per heavy atom. The highest BCUT2D eigenvalue weighted by atomic mass is 16.6. The summed E-state index contributed by atoms with van der Waals surface area (Å²) >= 11 is 0. The van der Waals surface area contributed by atoms with E-state index in [2.05, 4.69) is 6.58 Å². The first-order valence-corrected chi connectivity index (χ1v) is 8.81. The fourth-order valence-corrected chi connectivity index (χ4v) is 3.62. The fraction of sp³-hybridized carbons (Fsp3) is 0.600. The molecule has 0 aromatic carbocycles. The van der Waals surface area contributed by atoms with Crippen molar-refractivity contribution in [2.45, 2.75) is 69.9 Å². The van der Waals surface area contributed by atoms with Gasteiger partial charge in [0, 0.05) is 17.9 Å². The molecule has 0 saturated carbocycles. The van der Waals surface area contributed by atoms with E-state index in [0.717, 1.165) is 5.57 Å². The Balaban J connectivity index is 1.89. The second kappa shape index (κ2) is 6.22. The van der Waals surface area contributed by atoms with Gasteiger partial charge in [0.1, 0.15) is 11.7 Å². The van der Waals surface area contributed by atoms with Crippen LogP contribution in [0.4, 0.5) is 0 Å². The highest BCUT2D eigenvalue weighted by Crippen LogP contribution is 2.44. The van der Waals surface area contributed by atoms with Gasteiger partial charge in [0.05, 0.1) is 11.7 Å². The van der Waals surface area contributed by atoms with Crippen molar-refractivity contribution in [1.82, 2.24) is 0 Å². The SMILES string of the molecule is C=C1C(=O)O[C@H]2/C=C(\C)C/C=C/[C@@](C)(O)CC[C@@H]3O[C@@]3(C)C(=O)C[C@@H]12. The molecule has 1 N–H and O–H groups in total. The molecule has 2 saturated heterocycles. The van der Waals surface area contributed by atoms with Gasteiger partial charge in [-0.2, -0.15) is 0 Å². The van der Waals surface area contributed by atoms with Crippen LogP contribution in [0.25, 0.3) is 0 Å². The zero-order valence-electron chi connectivity index (χ0n) is 15.1. The highest BCUT2D eigenvalue weighted by molar-refractivity contribution is 5.95. The molecular formula is C20H26O5. The molecule has 5 heteroatoms. The van der Waals surface area contributed by atoms with E-state index in [1.54, 1.807) is 19.9 Å². The van der Waals surface area contributed by atoms with Crippen LogP contribution < -0.4 is 0 Å². The van der Waals surface area contributed by atoms with Crippen LogP contribution in [-0.2, 0) is 19.1 Å². The number of carbonyl (C=O) groups excluding carboxylic acids is 2. The quantitative estimate of drug-likeness (QED) is 0.316. The number of ketones is 1. The molecule has 2 fully saturated rings. The van der Waals surface area contributed by atoms with Gasteiger partial charge in [0.15, 0.2) is 5.78 Å². The largest absolute Gasteiger partial charge is 0.454 e. The number of hydrogen-bond donors (Lipinski definition) is 1. The third-order valence-electron chi connectivity index (χ3n) is 5.53. The van der Waals surface area contributed by atoms with E-state index in [-0.39, 0.29) is 24.2 Å². The Kier molecular flexibility index (Phi) is 4.50. The standard InChI is InChI=1S/C20H26O5/c1-12-6-5-8-19(3,23)9-7-17-20(4,25-17)16(21)11-14-13(2)18(22)24-15(14)10-12/h5,8,10,14-15,17,23H,2,6-7,9,11H2,1,3-4H3/b8-5+,12-10+/t14-,15-,17-,19+,20-/m0/s1. The normalized spacial score (nSPS) is 45.5. The second-order valence-electron chi connectivity index (χ2n) is 7.86. The Hall–Kier alpha value is -1.72. The number of hydrogen-bond acceptors (Lipinski definition) is 5. The van der Waals surface area contributed by atoms with E-state index in [9.17, 15) is 14.7 Å². The van der Waals surface area contributed by atoms with Crippen molar-refractivity contribution in [2.75, 3.05) is 0 Å². The van der Waals surface area contributed by atoms with Crippen molar-refractivity contribution in [1.29, 1.82) is 0 Å². The summed E-state index contributed by atoms with van der Waals surface area (Å²) in [7, 11) is 0. The van der Waals surface area contributed by atoms with Gasteiger partial charge in [-0.15, -0.1) is 0 Å². The Morgan fingerprint density at radius 2 is 2.04 bits per heavy atom. The fourth-order valence-electron chi connectivity index (χ4n) is 3.62. The number of fused-ring (bicyclic) bond motifs is 2. The predicted molar refractivity (Wildman–Crippen MR) is 92.8 cm³/mol. The van der Waals surface area contributed by atoms with Gasteiger partial charge < -0.3 is 14.6 Å². The number of allylic oxidation sites excluding steroid dienone is 2. The number of carbonyl (C=O) groups is 2. The lowest BCUT2D eigenvalue weighted by atomic mass is 9.84. The van der Waals surface area contributed by atoms with Gasteiger partial charge in [-0.05, 0) is 46.1 Å². The van der Waals surface area contributed by atoms with Crippen LogP contribution in [0.3, 0.4) is 0 Å². The second-order valence-corrected chi connectivity index (χ2v) is 7.86. The number of Topliss-reactive ketones (excluding diaryl/α,β-unsaturated/α-hetero) is 1. The van der Waals surface area contributed by atoms with Crippen molar-refractivity contribution in [3.8, 4) is 0 Å². The maximum atomic E-state index is 12.8. The number of rotatable bonds is 0. The summed E-state index contributed by atoms with van der Waals surface area (Å²) in [6.45, 7) is 9.31. The summed E-state index contributed by atoms with van der Waals surface area (Å²) in [5.74, 6) is -0.815. The number of esters is 1. The molecule has 5 nitrogen and oxygen atoms in total. The summed E-state index contributed by atoms with van der Waals surface area (Å²) in [6.07, 6.45) is 6.90. The molecule has 0 spiro atoms. The van der Waals surface area contributed by atoms with Crippen molar-refractivity contribution >= 4 is 11.8 Å². The smallest absolute Gasteiger partial charge is 0.334 e. The topological polar surface area (TPSA) is 76.1 Å². The van der Waals surface area contributed by atoms with Crippen molar-refractivity contribution in [3.63, 3.8) is 0 Å². The minimum absolute atomic E-state index is 0.0368. The molecule has 3 rings (SSSR count). The third kappa shape index (κ3) is 3.62. The predicted octanol–water partition coefficient (Wildman–Crippen LogP) is 2.64. The lowest BCUT2D eigenvalue weighted by molar-refractivity contribution is -0.137. The van der Waals surface area contributed by atoms with Crippen molar-refractivity contribution in [3.05, 3.63) is 36.0 Å². The van der Waals surface area contributed by atoms with Gasteiger partial charge in [0.25, 0.3) is 0 Å². The summed E-state index contributed by atoms with van der Waals surface area (Å²) < 4.78 is 11.1. The summed E-state index contributed by atoms with van der Waals surface area (Å²) in [6, 6.07) is 0. The maximum Gasteiger partial charge on any atom is 0.334 e. The minimum atomic E-state index is -0.934. The highest BCUT2D eigenvalue weighted by Gasteiger charge is 2.58. The number of aliphatic hydroxyl groups is 1. The van der Waals surface area contributed by atoms with Gasteiger partial charge in [-0.1, -0.05) is 24.3 Å². The summed E-state index contributed by atoms with van der Waals surface area (Å²) in [5.41, 5.74) is -0.398. The van der Waals surface area contributed by atoms with E-state index < -0.39 is 23.3 Å². The number of ether oxygens (including phenoxy) is 2. The van der Waals surface area contributed by atoms with Crippen LogP contribution in [0.5, 0.6) is 0 Å². The van der Waals surface area contributed by atoms with E-state index in [0.29, 0.717) is 24.8 Å². The van der Waals surface area contributed by atoms with Gasteiger partial charge in [-0.3, -0.25) is 4.79 Å². The first kappa shape index (κ1) is 18.1. The van der Waals surface area contributed by atoms with Crippen LogP contribution >= 0.6 is 0 Å². The molecule has 0 amide bonds.